The summed E-state index contributed by atoms with van der Waals surface area (Å²) in [7, 11) is 0. The summed E-state index contributed by atoms with van der Waals surface area (Å²) in [6, 6.07) is 7.36. The molecule has 0 aromatic heterocycles. The Morgan fingerprint density at radius 1 is 1.38 bits per heavy atom. The van der Waals surface area contributed by atoms with Crippen molar-refractivity contribution in [3.8, 4) is 5.75 Å². The molecule has 0 aliphatic rings. The second-order valence-corrected chi connectivity index (χ2v) is 5.96. The number of benzene rings is 1. The van der Waals surface area contributed by atoms with Crippen molar-refractivity contribution in [2.45, 2.75) is 20.3 Å². The summed E-state index contributed by atoms with van der Waals surface area (Å²) in [5, 5.41) is 11.7. The van der Waals surface area contributed by atoms with Crippen molar-refractivity contribution in [1.82, 2.24) is 5.32 Å². The van der Waals surface area contributed by atoms with Gasteiger partial charge in [0.2, 0.25) is 5.91 Å². The number of nitrogens with one attached hydrogen (secondary N) is 1. The third-order valence-electron chi connectivity index (χ3n) is 3.04. The van der Waals surface area contributed by atoms with E-state index in [2.05, 4.69) is 21.2 Å². The second-order valence-electron chi connectivity index (χ2n) is 5.05. The van der Waals surface area contributed by atoms with Crippen molar-refractivity contribution in [1.29, 1.82) is 0 Å². The van der Waals surface area contributed by atoms with Gasteiger partial charge in [0.15, 0.2) is 0 Å². The fraction of sp³-hybridized carbons (Fsp3) is 0.467. The summed E-state index contributed by atoms with van der Waals surface area (Å²) in [5.74, 6) is -1.02. The number of aliphatic carboxylic acids is 1. The average Bonchev–Trinajstić information content (AvgIpc) is 2.38. The molecule has 1 aromatic carbocycles. The lowest BCUT2D eigenvalue weighted by Gasteiger charge is -2.16. The van der Waals surface area contributed by atoms with Crippen molar-refractivity contribution in [2.24, 2.45) is 11.8 Å². The highest BCUT2D eigenvalue weighted by molar-refractivity contribution is 9.10. The van der Waals surface area contributed by atoms with Crippen molar-refractivity contribution in [2.75, 3.05) is 13.2 Å². The molecule has 0 saturated heterocycles. The minimum Gasteiger partial charge on any atom is -0.493 e. The maximum Gasteiger partial charge on any atom is 0.308 e. The molecular formula is C15H20BrNO4. The van der Waals surface area contributed by atoms with E-state index in [1.165, 1.54) is 0 Å². The fourth-order valence-corrected chi connectivity index (χ4v) is 2.12. The SMILES string of the molecule is CC(C)C(CNC(=O)CCOc1cccc(Br)c1)C(=O)O. The van der Waals surface area contributed by atoms with E-state index in [-0.39, 0.29) is 31.4 Å². The van der Waals surface area contributed by atoms with Crippen molar-refractivity contribution in [3.05, 3.63) is 28.7 Å². The van der Waals surface area contributed by atoms with E-state index in [0.717, 1.165) is 4.47 Å². The normalized spacial score (nSPS) is 12.0. The molecular weight excluding hydrogens is 338 g/mol. The molecule has 0 aliphatic carbocycles. The largest absolute Gasteiger partial charge is 0.493 e. The zero-order valence-electron chi connectivity index (χ0n) is 12.1. The Morgan fingerprint density at radius 3 is 2.67 bits per heavy atom. The number of carbonyl (C=O) groups excluding carboxylic acids is 1. The van der Waals surface area contributed by atoms with Gasteiger partial charge in [-0.05, 0) is 24.1 Å². The van der Waals surface area contributed by atoms with E-state index in [1.807, 2.05) is 38.1 Å². The summed E-state index contributed by atoms with van der Waals surface area (Å²) in [4.78, 5) is 22.7. The zero-order chi connectivity index (χ0) is 15.8. The van der Waals surface area contributed by atoms with Crippen LogP contribution in [0, 0.1) is 11.8 Å². The van der Waals surface area contributed by atoms with E-state index in [4.69, 9.17) is 9.84 Å². The Labute approximate surface area is 132 Å². The molecule has 0 bridgehead atoms. The molecule has 1 atom stereocenters. The van der Waals surface area contributed by atoms with Crippen LogP contribution in [0.2, 0.25) is 0 Å². The maximum atomic E-state index is 11.7. The first kappa shape index (κ1) is 17.5. The Kier molecular flexibility index (Phi) is 7.22. The van der Waals surface area contributed by atoms with Crippen LogP contribution in [0.3, 0.4) is 0 Å². The van der Waals surface area contributed by atoms with E-state index < -0.39 is 11.9 Å². The lowest BCUT2D eigenvalue weighted by atomic mass is 9.96. The Balaban J connectivity index is 2.29. The van der Waals surface area contributed by atoms with Gasteiger partial charge in [0.05, 0.1) is 18.9 Å². The first-order valence-corrected chi connectivity index (χ1v) is 7.57. The van der Waals surface area contributed by atoms with Gasteiger partial charge in [-0.2, -0.15) is 0 Å². The number of hydrogen-bond acceptors (Lipinski definition) is 3. The van der Waals surface area contributed by atoms with Crippen molar-refractivity contribution in [3.63, 3.8) is 0 Å². The minimum absolute atomic E-state index is 0.0271. The molecule has 1 aromatic rings. The monoisotopic (exact) mass is 357 g/mol. The lowest BCUT2D eigenvalue weighted by molar-refractivity contribution is -0.143. The Bertz CT molecular complexity index is 490. The number of halogens is 1. The summed E-state index contributed by atoms with van der Waals surface area (Å²) in [6.45, 7) is 4.03. The van der Waals surface area contributed by atoms with Crippen molar-refractivity contribution >= 4 is 27.8 Å². The molecule has 1 amide bonds. The number of hydrogen-bond donors (Lipinski definition) is 2. The van der Waals surface area contributed by atoms with E-state index in [1.54, 1.807) is 0 Å². The molecule has 0 heterocycles. The highest BCUT2D eigenvalue weighted by Crippen LogP contribution is 2.17. The van der Waals surface area contributed by atoms with Crippen LogP contribution in [0.1, 0.15) is 20.3 Å². The Hall–Kier alpha value is -1.56. The summed E-state index contributed by atoms with van der Waals surface area (Å²) in [6.07, 6.45) is 0.191. The molecule has 0 spiro atoms. The second kappa shape index (κ2) is 8.67. The van der Waals surface area contributed by atoms with Gasteiger partial charge in [0, 0.05) is 11.0 Å². The Morgan fingerprint density at radius 2 is 2.10 bits per heavy atom. The molecule has 5 nitrogen and oxygen atoms in total. The predicted octanol–water partition coefficient (Wildman–Crippen LogP) is 2.69. The quantitative estimate of drug-likeness (QED) is 0.749. The van der Waals surface area contributed by atoms with E-state index >= 15 is 0 Å². The molecule has 0 fully saturated rings. The van der Waals surface area contributed by atoms with E-state index in [0.29, 0.717) is 5.75 Å². The van der Waals surface area contributed by atoms with Gasteiger partial charge in [-0.3, -0.25) is 9.59 Å². The fourth-order valence-electron chi connectivity index (χ4n) is 1.74. The van der Waals surface area contributed by atoms with Gasteiger partial charge in [-0.1, -0.05) is 35.8 Å². The van der Waals surface area contributed by atoms with Gasteiger partial charge >= 0.3 is 5.97 Å². The zero-order valence-corrected chi connectivity index (χ0v) is 13.7. The number of carboxylic acids is 1. The highest BCUT2D eigenvalue weighted by Gasteiger charge is 2.21. The average molecular weight is 358 g/mol. The number of rotatable bonds is 8. The number of carboxylic acid groups (broad SMARTS) is 1. The minimum atomic E-state index is -0.893. The van der Waals surface area contributed by atoms with Gasteiger partial charge in [-0.25, -0.2) is 0 Å². The highest BCUT2D eigenvalue weighted by atomic mass is 79.9. The molecule has 0 radical (unpaired) electrons. The summed E-state index contributed by atoms with van der Waals surface area (Å²) >= 11 is 3.34. The van der Waals surface area contributed by atoms with E-state index in [9.17, 15) is 9.59 Å². The topological polar surface area (TPSA) is 75.6 Å². The van der Waals surface area contributed by atoms with Crippen LogP contribution in [0.15, 0.2) is 28.7 Å². The number of ether oxygens (including phenoxy) is 1. The third-order valence-corrected chi connectivity index (χ3v) is 3.53. The molecule has 2 N–H and O–H groups in total. The van der Waals surface area contributed by atoms with Crippen molar-refractivity contribution < 1.29 is 19.4 Å². The van der Waals surface area contributed by atoms with Crippen LogP contribution >= 0.6 is 15.9 Å². The molecule has 1 unspecified atom stereocenters. The summed E-state index contributed by atoms with van der Waals surface area (Å²) in [5.41, 5.74) is 0. The van der Waals surface area contributed by atoms with Crippen LogP contribution in [0.25, 0.3) is 0 Å². The molecule has 1 rings (SSSR count). The third kappa shape index (κ3) is 6.62. The number of amides is 1. The van der Waals surface area contributed by atoms with Crippen LogP contribution in [0.5, 0.6) is 5.75 Å². The predicted molar refractivity (Wildman–Crippen MR) is 83.2 cm³/mol. The molecule has 116 valence electrons. The van der Waals surface area contributed by atoms with Gasteiger partial charge < -0.3 is 15.2 Å². The molecule has 0 saturated carbocycles. The van der Waals surface area contributed by atoms with Gasteiger partial charge in [-0.15, -0.1) is 0 Å². The van der Waals surface area contributed by atoms with Crippen LogP contribution in [-0.2, 0) is 9.59 Å². The summed E-state index contributed by atoms with van der Waals surface area (Å²) < 4.78 is 6.36. The molecule has 0 aliphatic heterocycles. The van der Waals surface area contributed by atoms with Crippen LogP contribution in [0.4, 0.5) is 0 Å². The molecule has 21 heavy (non-hydrogen) atoms. The first-order valence-electron chi connectivity index (χ1n) is 6.78. The van der Waals surface area contributed by atoms with Crippen LogP contribution < -0.4 is 10.1 Å². The smallest absolute Gasteiger partial charge is 0.308 e. The van der Waals surface area contributed by atoms with Crippen LogP contribution in [-0.4, -0.2) is 30.1 Å². The van der Waals surface area contributed by atoms with Gasteiger partial charge in [0.25, 0.3) is 0 Å². The lowest BCUT2D eigenvalue weighted by Crippen LogP contribution is -2.36. The first-order chi connectivity index (χ1) is 9.90. The number of carbonyl (C=O) groups is 2. The van der Waals surface area contributed by atoms with Gasteiger partial charge in [0.1, 0.15) is 5.75 Å². The maximum absolute atomic E-state index is 11.7. The molecule has 6 heteroatoms. The standard InChI is InChI=1S/C15H20BrNO4/c1-10(2)13(15(19)20)9-17-14(18)6-7-21-12-5-3-4-11(16)8-12/h3-5,8,10,13H,6-7,9H2,1-2H3,(H,17,18)(H,19,20).